The summed E-state index contributed by atoms with van der Waals surface area (Å²) in [6.07, 6.45) is 79.1. The first-order chi connectivity index (χ1) is 38.6. The number of esters is 2. The van der Waals surface area contributed by atoms with Crippen LogP contribution in [0.2, 0.25) is 0 Å². The Morgan fingerprint density at radius 1 is 0.392 bits per heavy atom. The molecule has 2 atom stereocenters. The van der Waals surface area contributed by atoms with Crippen LogP contribution in [0.4, 0.5) is 0 Å². The highest BCUT2D eigenvalue weighted by molar-refractivity contribution is 5.70. The van der Waals surface area contributed by atoms with Gasteiger partial charge in [-0.2, -0.15) is 0 Å². The maximum absolute atomic E-state index is 12.9. The molecule has 0 aromatic carbocycles. The zero-order valence-corrected chi connectivity index (χ0v) is 51.7. The van der Waals surface area contributed by atoms with Gasteiger partial charge in [-0.1, -0.05) is 259 Å². The number of carbonyl (C=O) groups excluding carboxylic acids is 3. The first-order valence-corrected chi connectivity index (χ1v) is 32.4. The number of nitrogens with zero attached hydrogens (tertiary/aromatic N) is 1. The Hall–Kier alpha value is -3.79. The van der Waals surface area contributed by atoms with Crippen molar-refractivity contribution >= 4 is 17.9 Å². The third kappa shape index (κ3) is 61.7. The number of quaternary nitrogens is 1. The summed E-state index contributed by atoms with van der Waals surface area (Å²) in [5.74, 6) is -2.29. The Labute approximate surface area is 486 Å². The van der Waals surface area contributed by atoms with E-state index in [-0.39, 0.29) is 38.6 Å². The fourth-order valence-electron chi connectivity index (χ4n) is 8.87. The number of allylic oxidation sites excluding steroid dienone is 16. The van der Waals surface area contributed by atoms with Gasteiger partial charge in [0.05, 0.1) is 40.3 Å². The van der Waals surface area contributed by atoms with Crippen molar-refractivity contribution in [3.63, 3.8) is 0 Å². The lowest BCUT2D eigenvalue weighted by molar-refractivity contribution is -0.870. The molecule has 0 N–H and O–H groups in total. The van der Waals surface area contributed by atoms with Crippen LogP contribution in [-0.4, -0.2) is 82.3 Å². The van der Waals surface area contributed by atoms with E-state index in [2.05, 4.69) is 111 Å². The molecule has 0 aromatic rings. The molecular weight excluding hydrogens is 983 g/mol. The largest absolute Gasteiger partial charge is 0.545 e. The van der Waals surface area contributed by atoms with Crippen LogP contribution in [0.15, 0.2) is 97.2 Å². The summed E-state index contributed by atoms with van der Waals surface area (Å²) in [7, 11) is 5.92. The van der Waals surface area contributed by atoms with Gasteiger partial charge in [-0.3, -0.25) is 9.59 Å². The molecule has 0 saturated heterocycles. The first kappa shape index (κ1) is 75.2. The van der Waals surface area contributed by atoms with E-state index in [0.29, 0.717) is 17.4 Å². The summed E-state index contributed by atoms with van der Waals surface area (Å²) >= 11 is 0. The van der Waals surface area contributed by atoms with Crippen LogP contribution in [-0.2, 0) is 33.3 Å². The number of carboxylic acid groups (broad SMARTS) is 1. The van der Waals surface area contributed by atoms with E-state index in [0.717, 1.165) is 103 Å². The van der Waals surface area contributed by atoms with E-state index < -0.39 is 24.3 Å². The molecule has 79 heavy (non-hydrogen) atoms. The summed E-state index contributed by atoms with van der Waals surface area (Å²) in [5.41, 5.74) is 0. The van der Waals surface area contributed by atoms with E-state index >= 15 is 0 Å². The van der Waals surface area contributed by atoms with Gasteiger partial charge in [0.1, 0.15) is 13.2 Å². The van der Waals surface area contributed by atoms with Gasteiger partial charge >= 0.3 is 11.9 Å². The highest BCUT2D eigenvalue weighted by Crippen LogP contribution is 2.16. The third-order valence-corrected chi connectivity index (χ3v) is 13.8. The standard InChI is InChI=1S/C70H121NO8/c1-6-8-10-12-14-16-18-20-22-23-24-25-26-27-28-29-30-31-32-33-34-35-36-37-38-39-40-41-42-43-44-45-47-49-51-53-55-57-59-61-68(73)79-66(65-78-70(69(74)75)76-63-62-71(3,4)5)64-77-67(72)60-58-56-54-52-50-48-46-21-19-17-15-13-11-9-7-2/h8,10,14,16,20-22,24-25,27-28,30-31,33-34,46,66,70H,6-7,9,11-13,15,17-19,23,26,29,32,35-45,47-65H2,1-5H3/b10-8-,16-14-,22-20-,25-24-,28-27-,31-30-,34-33-,46-21-. The van der Waals surface area contributed by atoms with Crippen LogP contribution in [0.3, 0.4) is 0 Å². The van der Waals surface area contributed by atoms with Crippen molar-refractivity contribution in [1.82, 2.24) is 0 Å². The monoisotopic (exact) mass is 1100 g/mol. The van der Waals surface area contributed by atoms with Crippen molar-refractivity contribution in [3.8, 4) is 0 Å². The Bertz CT molecular complexity index is 1620. The lowest BCUT2D eigenvalue weighted by atomic mass is 10.0. The number of ether oxygens (including phenoxy) is 4. The highest BCUT2D eigenvalue weighted by atomic mass is 16.7. The molecule has 0 fully saturated rings. The van der Waals surface area contributed by atoms with Crippen LogP contribution < -0.4 is 5.11 Å². The Morgan fingerprint density at radius 3 is 1.09 bits per heavy atom. The molecule has 9 heteroatoms. The average Bonchev–Trinajstić information content (AvgIpc) is 3.42. The summed E-state index contributed by atoms with van der Waals surface area (Å²) in [4.78, 5) is 37.3. The first-order valence-electron chi connectivity index (χ1n) is 32.4. The van der Waals surface area contributed by atoms with Gasteiger partial charge in [0.15, 0.2) is 12.4 Å². The molecule has 0 heterocycles. The van der Waals surface area contributed by atoms with Crippen LogP contribution in [0.25, 0.3) is 0 Å². The summed E-state index contributed by atoms with van der Waals surface area (Å²) in [6, 6.07) is 0. The van der Waals surface area contributed by atoms with Crippen molar-refractivity contribution in [1.29, 1.82) is 0 Å². The van der Waals surface area contributed by atoms with Gasteiger partial charge in [-0.05, 0) is 96.3 Å². The predicted octanol–water partition coefficient (Wildman–Crippen LogP) is 18.4. The minimum atomic E-state index is -1.62. The molecule has 2 unspecified atom stereocenters. The average molecular weight is 1100 g/mol. The molecule has 0 saturated carbocycles. The lowest BCUT2D eigenvalue weighted by Crippen LogP contribution is -2.44. The number of hydrogen-bond acceptors (Lipinski definition) is 8. The van der Waals surface area contributed by atoms with Crippen LogP contribution in [0, 0.1) is 0 Å². The van der Waals surface area contributed by atoms with Crippen LogP contribution >= 0.6 is 0 Å². The summed E-state index contributed by atoms with van der Waals surface area (Å²) < 4.78 is 22.7. The molecule has 0 aliphatic carbocycles. The number of carboxylic acids is 1. The SMILES string of the molecule is CC/C=C\C/C=C\C/C=C\C/C=C\C/C=C\C/C=C\C/C=C\CCCCCCCCCCCCCCCCCCCC(=O)OC(COC(=O)CCCCCCC/C=C\CCCCCCCC)COC(OCC[N+](C)(C)C)C(=O)[O-]. The van der Waals surface area contributed by atoms with Gasteiger partial charge in [0.25, 0.3) is 0 Å². The van der Waals surface area contributed by atoms with Gasteiger partial charge < -0.3 is 33.3 Å². The number of rotatable bonds is 59. The molecular formula is C70H121NO8. The maximum Gasteiger partial charge on any atom is 0.306 e. The minimum Gasteiger partial charge on any atom is -0.545 e. The third-order valence-electron chi connectivity index (χ3n) is 13.8. The minimum absolute atomic E-state index is 0.145. The normalized spacial score (nSPS) is 13.4. The van der Waals surface area contributed by atoms with Crippen molar-refractivity contribution in [2.75, 3.05) is 47.5 Å². The molecule has 0 aromatic heterocycles. The second-order valence-electron chi connectivity index (χ2n) is 22.7. The van der Waals surface area contributed by atoms with Crippen molar-refractivity contribution in [3.05, 3.63) is 97.2 Å². The van der Waals surface area contributed by atoms with Crippen LogP contribution in [0.1, 0.15) is 271 Å². The summed E-state index contributed by atoms with van der Waals surface area (Å²) in [6.45, 7) is 4.63. The lowest BCUT2D eigenvalue weighted by Gasteiger charge is -2.26. The Kier molecular flexibility index (Phi) is 57.4. The van der Waals surface area contributed by atoms with Gasteiger partial charge in [0.2, 0.25) is 0 Å². The Morgan fingerprint density at radius 2 is 0.722 bits per heavy atom. The zero-order valence-electron chi connectivity index (χ0n) is 51.7. The molecule has 0 bridgehead atoms. The maximum atomic E-state index is 12.9. The van der Waals surface area contributed by atoms with Gasteiger partial charge in [0, 0.05) is 12.8 Å². The van der Waals surface area contributed by atoms with Crippen molar-refractivity contribution in [2.24, 2.45) is 0 Å². The fraction of sp³-hybridized carbons (Fsp3) is 0.729. The molecule has 0 rings (SSSR count). The smallest absolute Gasteiger partial charge is 0.306 e. The number of hydrogen-bond donors (Lipinski definition) is 0. The van der Waals surface area contributed by atoms with E-state index in [4.69, 9.17) is 18.9 Å². The number of carbonyl (C=O) groups is 3. The predicted molar refractivity (Wildman–Crippen MR) is 334 cm³/mol. The van der Waals surface area contributed by atoms with Gasteiger partial charge in [-0.25, -0.2) is 0 Å². The van der Waals surface area contributed by atoms with Crippen LogP contribution in [0.5, 0.6) is 0 Å². The van der Waals surface area contributed by atoms with Crippen molar-refractivity contribution in [2.45, 2.75) is 283 Å². The second-order valence-corrected chi connectivity index (χ2v) is 22.7. The molecule has 0 aliphatic rings. The Balaban J connectivity index is 4.05. The highest BCUT2D eigenvalue weighted by Gasteiger charge is 2.22. The molecule has 0 amide bonds. The molecule has 0 aliphatic heterocycles. The molecule has 9 nitrogen and oxygen atoms in total. The molecule has 0 radical (unpaired) electrons. The number of aliphatic carboxylic acids is 1. The quantitative estimate of drug-likeness (QED) is 0.0195. The topological polar surface area (TPSA) is 111 Å². The van der Waals surface area contributed by atoms with E-state index in [1.165, 1.54) is 135 Å². The summed E-state index contributed by atoms with van der Waals surface area (Å²) in [5, 5.41) is 11.8. The van der Waals surface area contributed by atoms with E-state index in [1.807, 2.05) is 21.1 Å². The molecule has 454 valence electrons. The zero-order chi connectivity index (χ0) is 57.6. The van der Waals surface area contributed by atoms with Crippen molar-refractivity contribution < 1.29 is 42.9 Å². The number of unbranched alkanes of at least 4 members (excludes halogenated alkanes) is 28. The van der Waals surface area contributed by atoms with E-state index in [9.17, 15) is 19.5 Å². The molecule has 0 spiro atoms. The second kappa shape index (κ2) is 60.3. The fourth-order valence-corrected chi connectivity index (χ4v) is 8.87. The number of likely N-dealkylation sites (N-methyl/N-ethyl adjacent to an activating group) is 1. The van der Waals surface area contributed by atoms with E-state index in [1.54, 1.807) is 0 Å². The van der Waals surface area contributed by atoms with Gasteiger partial charge in [-0.15, -0.1) is 0 Å².